The van der Waals surface area contributed by atoms with Gasteiger partial charge >= 0.3 is 0 Å². The van der Waals surface area contributed by atoms with Crippen molar-refractivity contribution in [1.82, 2.24) is 15.0 Å². The Morgan fingerprint density at radius 1 is 1.33 bits per heavy atom. The van der Waals surface area contributed by atoms with Crippen LogP contribution in [0.3, 0.4) is 0 Å². The lowest BCUT2D eigenvalue weighted by Gasteiger charge is -2.15. The first-order chi connectivity index (χ1) is 9.88. The fraction of sp³-hybridized carbons (Fsp3) is 0.467. The van der Waals surface area contributed by atoms with Crippen molar-refractivity contribution >= 4 is 0 Å². The third kappa shape index (κ3) is 4.27. The maximum Gasteiger partial charge on any atom is 0.240 e. The Morgan fingerprint density at radius 3 is 2.71 bits per heavy atom. The first kappa shape index (κ1) is 15.5. The van der Waals surface area contributed by atoms with E-state index in [2.05, 4.69) is 21.1 Å². The molecular weight excluding hydrogens is 268 g/mol. The molecule has 6 nitrogen and oxygen atoms in total. The molecule has 0 aliphatic rings. The normalized spacial score (nSPS) is 11.9. The number of hydrogen-bond acceptors (Lipinski definition) is 6. The largest absolute Gasteiger partial charge is 0.497 e. The summed E-state index contributed by atoms with van der Waals surface area (Å²) in [6, 6.07) is 7.97. The first-order valence-corrected chi connectivity index (χ1v) is 6.82. The zero-order valence-corrected chi connectivity index (χ0v) is 13.0. The van der Waals surface area contributed by atoms with E-state index in [1.165, 1.54) is 0 Å². The van der Waals surface area contributed by atoms with Crippen LogP contribution >= 0.6 is 0 Å². The van der Waals surface area contributed by atoms with Gasteiger partial charge in [-0.25, -0.2) is 0 Å². The summed E-state index contributed by atoms with van der Waals surface area (Å²) in [5, 5.41) is 3.92. The molecule has 0 bridgehead atoms. The molecule has 0 saturated carbocycles. The molecule has 1 aromatic carbocycles. The molecular formula is C15H22N4O2. The summed E-state index contributed by atoms with van der Waals surface area (Å²) in [6.45, 7) is 5.03. The molecule has 0 aliphatic carbocycles. The van der Waals surface area contributed by atoms with Gasteiger partial charge in [-0.05, 0) is 38.6 Å². The number of hydrogen-bond donors (Lipinski definition) is 1. The van der Waals surface area contributed by atoms with Gasteiger partial charge in [0, 0.05) is 6.54 Å². The highest BCUT2D eigenvalue weighted by molar-refractivity contribution is 5.28. The summed E-state index contributed by atoms with van der Waals surface area (Å²) in [6.07, 6.45) is 0. The SMILES string of the molecule is COc1cccc(CN(C)Cc2nc(C(C)(C)N)no2)c1. The first-order valence-electron chi connectivity index (χ1n) is 6.82. The van der Waals surface area contributed by atoms with E-state index in [4.69, 9.17) is 15.0 Å². The number of benzene rings is 1. The average molecular weight is 290 g/mol. The Kier molecular flexibility index (Phi) is 4.59. The van der Waals surface area contributed by atoms with Crippen molar-refractivity contribution in [3.8, 4) is 5.75 Å². The molecule has 114 valence electrons. The molecule has 0 fully saturated rings. The van der Waals surface area contributed by atoms with Crippen molar-refractivity contribution in [1.29, 1.82) is 0 Å². The second kappa shape index (κ2) is 6.24. The summed E-state index contributed by atoms with van der Waals surface area (Å²) in [7, 11) is 3.66. The molecule has 2 aromatic rings. The van der Waals surface area contributed by atoms with E-state index in [-0.39, 0.29) is 0 Å². The summed E-state index contributed by atoms with van der Waals surface area (Å²) in [4.78, 5) is 6.42. The van der Waals surface area contributed by atoms with Crippen LogP contribution in [-0.4, -0.2) is 29.2 Å². The molecule has 2 N–H and O–H groups in total. The van der Waals surface area contributed by atoms with E-state index < -0.39 is 5.54 Å². The third-order valence-electron chi connectivity index (χ3n) is 3.04. The molecule has 21 heavy (non-hydrogen) atoms. The summed E-state index contributed by atoms with van der Waals surface area (Å²) < 4.78 is 10.5. The van der Waals surface area contributed by atoms with Crippen LogP contribution < -0.4 is 10.5 Å². The Morgan fingerprint density at radius 2 is 2.10 bits per heavy atom. The van der Waals surface area contributed by atoms with Crippen LogP contribution in [0, 0.1) is 0 Å². The number of aromatic nitrogens is 2. The lowest BCUT2D eigenvalue weighted by molar-refractivity contribution is 0.259. The van der Waals surface area contributed by atoms with Crippen molar-refractivity contribution in [3.05, 3.63) is 41.5 Å². The fourth-order valence-corrected chi connectivity index (χ4v) is 1.95. The van der Waals surface area contributed by atoms with Gasteiger partial charge in [-0.1, -0.05) is 17.3 Å². The molecule has 2 rings (SSSR count). The lowest BCUT2D eigenvalue weighted by atomic mass is 10.1. The standard InChI is InChI=1S/C15H22N4O2/c1-15(2,16)14-17-13(21-18-14)10-19(3)9-11-6-5-7-12(8-11)20-4/h5-8H,9-10,16H2,1-4H3. The van der Waals surface area contributed by atoms with Gasteiger partial charge in [-0.2, -0.15) is 4.98 Å². The van der Waals surface area contributed by atoms with E-state index >= 15 is 0 Å². The Hall–Kier alpha value is -1.92. The maximum atomic E-state index is 5.94. The maximum absolute atomic E-state index is 5.94. The molecule has 1 heterocycles. The molecule has 1 aromatic heterocycles. The van der Waals surface area contributed by atoms with E-state index in [0.29, 0.717) is 18.3 Å². The van der Waals surface area contributed by atoms with Crippen molar-refractivity contribution in [3.63, 3.8) is 0 Å². The molecule has 0 saturated heterocycles. The monoisotopic (exact) mass is 290 g/mol. The molecule has 6 heteroatoms. The van der Waals surface area contributed by atoms with Crippen LogP contribution in [0.15, 0.2) is 28.8 Å². The van der Waals surface area contributed by atoms with Crippen LogP contribution in [0.4, 0.5) is 0 Å². The van der Waals surface area contributed by atoms with E-state index in [1.54, 1.807) is 7.11 Å². The van der Waals surface area contributed by atoms with Crippen LogP contribution in [0.25, 0.3) is 0 Å². The second-order valence-electron chi connectivity index (χ2n) is 5.76. The minimum absolute atomic E-state index is 0.521. The molecule has 0 spiro atoms. The second-order valence-corrected chi connectivity index (χ2v) is 5.76. The number of methoxy groups -OCH3 is 1. The highest BCUT2D eigenvalue weighted by Crippen LogP contribution is 2.16. The Bertz CT molecular complexity index is 589. The molecule has 0 radical (unpaired) electrons. The lowest BCUT2D eigenvalue weighted by Crippen LogP contribution is -2.30. The molecule has 0 aliphatic heterocycles. The topological polar surface area (TPSA) is 77.4 Å². The molecule has 0 atom stereocenters. The van der Waals surface area contributed by atoms with Crippen LogP contribution in [0.1, 0.15) is 31.1 Å². The van der Waals surface area contributed by atoms with Gasteiger partial charge < -0.3 is 15.0 Å². The number of nitrogens with zero attached hydrogens (tertiary/aromatic N) is 3. The van der Waals surface area contributed by atoms with Crippen molar-refractivity contribution in [2.24, 2.45) is 5.73 Å². The number of rotatable bonds is 6. The summed E-state index contributed by atoms with van der Waals surface area (Å²) in [5.74, 6) is 1.94. The molecule has 0 amide bonds. The van der Waals surface area contributed by atoms with Crippen molar-refractivity contribution in [2.45, 2.75) is 32.5 Å². The minimum Gasteiger partial charge on any atom is -0.497 e. The van der Waals surface area contributed by atoms with Crippen molar-refractivity contribution in [2.75, 3.05) is 14.2 Å². The van der Waals surface area contributed by atoms with Gasteiger partial charge in [0.25, 0.3) is 0 Å². The predicted octanol–water partition coefficient (Wildman–Crippen LogP) is 1.90. The quantitative estimate of drug-likeness (QED) is 0.875. The van der Waals surface area contributed by atoms with Gasteiger partial charge in [0.15, 0.2) is 5.82 Å². The van der Waals surface area contributed by atoms with Gasteiger partial charge in [0.2, 0.25) is 5.89 Å². The van der Waals surface area contributed by atoms with Gasteiger partial charge in [0.1, 0.15) is 5.75 Å². The van der Waals surface area contributed by atoms with E-state index in [0.717, 1.165) is 17.9 Å². The zero-order valence-electron chi connectivity index (χ0n) is 13.0. The average Bonchev–Trinajstić information content (AvgIpc) is 2.87. The number of ether oxygens (including phenoxy) is 1. The van der Waals surface area contributed by atoms with Gasteiger partial charge in [0.05, 0.1) is 19.2 Å². The highest BCUT2D eigenvalue weighted by Gasteiger charge is 2.21. The highest BCUT2D eigenvalue weighted by atomic mass is 16.5. The van der Waals surface area contributed by atoms with Crippen molar-refractivity contribution < 1.29 is 9.26 Å². The molecule has 0 unspecified atom stereocenters. The van der Waals surface area contributed by atoms with Crippen LogP contribution in [-0.2, 0) is 18.6 Å². The van der Waals surface area contributed by atoms with E-state index in [9.17, 15) is 0 Å². The van der Waals surface area contributed by atoms with E-state index in [1.807, 2.05) is 39.1 Å². The zero-order chi connectivity index (χ0) is 15.5. The summed E-state index contributed by atoms with van der Waals surface area (Å²) >= 11 is 0. The predicted molar refractivity (Wildman–Crippen MR) is 79.7 cm³/mol. The van der Waals surface area contributed by atoms with Crippen LogP contribution in [0.2, 0.25) is 0 Å². The Balaban J connectivity index is 1.98. The fourth-order valence-electron chi connectivity index (χ4n) is 1.95. The summed E-state index contributed by atoms with van der Waals surface area (Å²) in [5.41, 5.74) is 6.52. The number of nitrogens with two attached hydrogens (primary N) is 1. The Labute approximate surface area is 124 Å². The minimum atomic E-state index is -0.590. The van der Waals surface area contributed by atoms with Gasteiger partial charge in [-0.3, -0.25) is 4.90 Å². The van der Waals surface area contributed by atoms with Crippen LogP contribution in [0.5, 0.6) is 5.75 Å². The van der Waals surface area contributed by atoms with Gasteiger partial charge in [-0.15, -0.1) is 0 Å². The smallest absolute Gasteiger partial charge is 0.240 e. The third-order valence-corrected chi connectivity index (χ3v) is 3.04.